The standard InChI is InChI=1S/C24H22F3N5.C23H27F3N2O2.C16H24N2O2.C7H4BrF3.C6H4ClN3.C4H9O.CH4.Na/c25-24(26,27)18-6-8-19(9-7-18)31-20-5-1-3-16(13-20)17-4-2-12-32(14-17)23-21-10-11-28-22(21)29-15-30-23;1-22(2,3)30-21(29)28-13-5-7-17(15-28)16-6-4-8-20(14-16)27-19-11-9-18(10-12-19)23(24,25)26;1-16(2,3)20-15(19)18-9-5-7-13(11-18)12-6-4-8-14(17)10-12;8-6-3-1-5(2-4-6)7(9,10)11;7-5-4-1-2-8-6(4)10-3-9-5;1-4(2,3)5;;/h1,3,5-11,13,15,17,31H,2,4,12,14H2,(H,28,29,30);4,6,8-12,14,17,27H,5,7,13,15H2,1-3H3;4,6,8,10,13H,5,7,9,11,17H2,1-3H3;1-4H;1-3H,(H,8,9,10);1-3H3;1H4;/q;;;;;-1;;+1. The van der Waals surface area contributed by atoms with Crippen molar-refractivity contribution in [3.63, 3.8) is 0 Å². The number of aromatic nitrogens is 6. The van der Waals surface area contributed by atoms with Crippen molar-refractivity contribution >= 4 is 96.0 Å². The van der Waals surface area contributed by atoms with E-state index in [4.69, 9.17) is 26.8 Å². The SMILES string of the molecule is C.CC(C)(C)OC(=O)N1CCCC(c2cccc(N)c2)C1.CC(C)(C)OC(=O)N1CCCC(c2cccc(Nc3ccc(C(F)(F)F)cc3)c2)C1.CC(C)(C)[O-].Clc1ncnc2[nH]ccc12.FC(F)(F)c1ccc(Br)cc1.FC(F)(F)c1ccc(Nc2cccc(C3CCCN(c4ncnc5[nH]ccc45)C3)c2)cc1.[Na+]. The van der Waals surface area contributed by atoms with Crippen molar-refractivity contribution in [2.75, 3.05) is 60.5 Å². The molecule has 6 N–H and O–H groups in total. The number of nitrogens with zero attached hydrogens (tertiary/aromatic N) is 7. The Balaban J connectivity index is 0.000000222. The first kappa shape index (κ1) is 90.3. The summed E-state index contributed by atoms with van der Waals surface area (Å²) in [5.41, 5.74) is 10.9. The summed E-state index contributed by atoms with van der Waals surface area (Å²) in [7, 11) is 0. The van der Waals surface area contributed by atoms with Gasteiger partial charge < -0.3 is 55.6 Å². The average molecular weight is 1630 g/mol. The zero-order chi connectivity index (χ0) is 78.8. The van der Waals surface area contributed by atoms with Gasteiger partial charge in [0.2, 0.25) is 0 Å². The molecule has 2 amide bonds. The minimum atomic E-state index is -4.35. The van der Waals surface area contributed by atoms with Crippen molar-refractivity contribution < 1.29 is 93.2 Å². The molecular weight excluding hydrogens is 1530 g/mol. The summed E-state index contributed by atoms with van der Waals surface area (Å²) in [5, 5.41) is 18.9. The van der Waals surface area contributed by atoms with E-state index in [1.165, 1.54) is 53.9 Å². The van der Waals surface area contributed by atoms with E-state index in [0.717, 1.165) is 145 Å². The van der Waals surface area contributed by atoms with Crippen LogP contribution in [0.5, 0.6) is 0 Å². The van der Waals surface area contributed by atoms with Crippen molar-refractivity contribution in [2.45, 2.75) is 161 Å². The number of hydrogen-bond acceptors (Lipinski definition) is 13. The van der Waals surface area contributed by atoms with Gasteiger partial charge in [-0.15, -0.1) is 5.60 Å². The molecule has 0 aliphatic carbocycles. The predicted molar refractivity (Wildman–Crippen MR) is 415 cm³/mol. The summed E-state index contributed by atoms with van der Waals surface area (Å²) in [5.74, 6) is 1.81. The van der Waals surface area contributed by atoms with Crippen LogP contribution in [0.3, 0.4) is 0 Å². The van der Waals surface area contributed by atoms with Crippen molar-refractivity contribution in [3.05, 3.63) is 226 Å². The van der Waals surface area contributed by atoms with Crippen molar-refractivity contribution in [1.82, 2.24) is 39.7 Å². The van der Waals surface area contributed by atoms with E-state index >= 15 is 0 Å². The Bertz CT molecular complexity index is 4510. The molecule has 0 bridgehead atoms. The van der Waals surface area contributed by atoms with Crippen molar-refractivity contribution in [2.24, 2.45) is 0 Å². The van der Waals surface area contributed by atoms with Gasteiger partial charge in [-0.1, -0.05) is 92.1 Å². The van der Waals surface area contributed by atoms with Crippen LogP contribution >= 0.6 is 27.5 Å². The first-order valence-corrected chi connectivity index (χ1v) is 36.3. The molecule has 6 aromatic carbocycles. The second-order valence-electron chi connectivity index (χ2n) is 29.1. The van der Waals surface area contributed by atoms with E-state index in [1.54, 1.807) is 38.2 Å². The van der Waals surface area contributed by atoms with Gasteiger partial charge in [0.05, 0.1) is 27.5 Å². The fraction of sp³-hybridized carbons (Fsp3) is 0.383. The van der Waals surface area contributed by atoms with E-state index in [0.29, 0.717) is 52.5 Å². The summed E-state index contributed by atoms with van der Waals surface area (Å²) in [4.78, 5) is 53.0. The van der Waals surface area contributed by atoms with Crippen LogP contribution in [0.25, 0.3) is 22.1 Å². The minimum absolute atomic E-state index is 0. The average Bonchev–Trinajstić information content (AvgIpc) is 1.53. The molecule has 3 saturated heterocycles. The van der Waals surface area contributed by atoms with Crippen LogP contribution in [0.2, 0.25) is 5.15 Å². The number of alkyl halides is 9. The predicted octanol–water partition coefficient (Wildman–Crippen LogP) is 18.9. The number of halogens is 11. The van der Waals surface area contributed by atoms with Gasteiger partial charge in [-0.3, -0.25) is 0 Å². The van der Waals surface area contributed by atoms with Crippen LogP contribution in [-0.4, -0.2) is 108 Å². The number of carbonyl (C=O) groups is 2. The van der Waals surface area contributed by atoms with Gasteiger partial charge in [0.25, 0.3) is 0 Å². The fourth-order valence-electron chi connectivity index (χ4n) is 11.9. The largest absolute Gasteiger partial charge is 1.00 e. The molecule has 13 rings (SSSR count). The van der Waals surface area contributed by atoms with Crippen LogP contribution < -0.4 is 55.9 Å². The Morgan fingerprint density at radius 2 is 0.882 bits per heavy atom. The number of nitrogen functional groups attached to an aromatic ring is 1. The van der Waals surface area contributed by atoms with E-state index in [1.807, 2.05) is 119 Å². The van der Waals surface area contributed by atoms with E-state index in [9.17, 15) is 54.2 Å². The third-order valence-electron chi connectivity index (χ3n) is 16.8. The number of nitrogens with two attached hydrogens (primary N) is 1. The normalized spacial score (nSPS) is 16.0. The Hall–Kier alpha value is -8.60. The number of H-pyrrole nitrogens is 2. The third kappa shape index (κ3) is 29.2. The molecule has 586 valence electrons. The van der Waals surface area contributed by atoms with Crippen molar-refractivity contribution in [3.8, 4) is 0 Å². The van der Waals surface area contributed by atoms with Crippen LogP contribution in [-0.2, 0) is 28.0 Å². The molecule has 7 heterocycles. The van der Waals surface area contributed by atoms with Gasteiger partial charge in [-0.25, -0.2) is 29.5 Å². The Morgan fingerprint density at radius 1 is 0.509 bits per heavy atom. The maximum atomic E-state index is 12.8. The Morgan fingerprint density at radius 3 is 1.29 bits per heavy atom. The molecule has 29 heteroatoms. The van der Waals surface area contributed by atoms with Crippen LogP contribution in [0, 0.1) is 0 Å². The summed E-state index contributed by atoms with van der Waals surface area (Å²) >= 11 is 8.77. The number of fused-ring (bicyclic) bond motifs is 2. The van der Waals surface area contributed by atoms with Crippen molar-refractivity contribution in [1.29, 1.82) is 0 Å². The molecule has 110 heavy (non-hydrogen) atoms. The molecule has 3 aliphatic heterocycles. The molecular formula is C81H94BrClF9N12NaO5. The molecule has 3 fully saturated rings. The zero-order valence-corrected chi connectivity index (χ0v) is 66.8. The third-order valence-corrected chi connectivity index (χ3v) is 17.6. The molecule has 17 nitrogen and oxygen atoms in total. The maximum Gasteiger partial charge on any atom is 1.00 e. The topological polar surface area (TPSA) is 219 Å². The molecule has 3 atom stereocenters. The number of rotatable bonds is 8. The smallest absolute Gasteiger partial charge is 0.850 e. The summed E-state index contributed by atoms with van der Waals surface area (Å²) in [6.07, 6.45) is -0.693. The molecule has 3 aliphatic rings. The number of amides is 2. The fourth-order valence-corrected chi connectivity index (χ4v) is 12.3. The van der Waals surface area contributed by atoms with Gasteiger partial charge in [0.1, 0.15) is 46.1 Å². The van der Waals surface area contributed by atoms with Gasteiger partial charge >= 0.3 is 60.3 Å². The zero-order valence-electron chi connectivity index (χ0n) is 62.4. The second kappa shape index (κ2) is 40.0. The Labute approximate surface area is 672 Å². The number of hydrogen-bond donors (Lipinski definition) is 5. The Kier molecular flexibility index (Phi) is 32.9. The van der Waals surface area contributed by atoms with Gasteiger partial charge in [0.15, 0.2) is 0 Å². The first-order chi connectivity index (χ1) is 50.7. The summed E-state index contributed by atoms with van der Waals surface area (Å²) < 4.78 is 124. The molecule has 0 saturated carbocycles. The molecule has 0 radical (unpaired) electrons. The maximum absolute atomic E-state index is 12.8. The number of nitrogens with one attached hydrogen (secondary N) is 4. The first-order valence-electron chi connectivity index (χ1n) is 35.1. The number of aromatic amines is 2. The quantitative estimate of drug-likeness (QED) is 0.0414. The molecule has 3 unspecified atom stereocenters. The second-order valence-corrected chi connectivity index (χ2v) is 30.4. The van der Waals surface area contributed by atoms with E-state index in [2.05, 4.69) is 79.6 Å². The summed E-state index contributed by atoms with van der Waals surface area (Å²) in [6, 6.07) is 42.5. The number of anilines is 6. The van der Waals surface area contributed by atoms with E-state index in [-0.39, 0.29) is 55.1 Å². The van der Waals surface area contributed by atoms with Crippen LogP contribution in [0.4, 0.5) is 83.4 Å². The molecule has 4 aromatic heterocycles. The monoisotopic (exact) mass is 1620 g/mol. The van der Waals surface area contributed by atoms with Gasteiger partial charge in [-0.05, 0) is 218 Å². The number of carbonyl (C=O) groups excluding carboxylic acids is 2. The van der Waals surface area contributed by atoms with E-state index < -0.39 is 52.0 Å². The number of likely N-dealkylation sites (tertiary alicyclic amines) is 2. The number of piperidine rings is 3. The number of ether oxygens (including phenoxy) is 2. The van der Waals surface area contributed by atoms with Gasteiger partial charge in [0, 0.05) is 102 Å². The molecule has 10 aromatic rings. The summed E-state index contributed by atoms with van der Waals surface area (Å²) in [6.45, 7) is 20.7. The minimum Gasteiger partial charge on any atom is -0.850 e. The van der Waals surface area contributed by atoms with Crippen LogP contribution in [0.15, 0.2) is 187 Å². The van der Waals surface area contributed by atoms with Gasteiger partial charge in [-0.2, -0.15) is 39.5 Å². The molecule has 0 spiro atoms. The number of benzene rings is 6. The van der Waals surface area contributed by atoms with Crippen LogP contribution in [0.1, 0.15) is 159 Å².